The summed E-state index contributed by atoms with van der Waals surface area (Å²) in [6, 6.07) is 2.17. The third-order valence-corrected chi connectivity index (χ3v) is 14.1. The molecule has 0 saturated carbocycles. The maximum atomic E-state index is 10.4. The van der Waals surface area contributed by atoms with E-state index < -0.39 is 22.7 Å². The lowest BCUT2D eigenvalue weighted by Gasteiger charge is -2.34. The Bertz CT molecular complexity index is 482. The van der Waals surface area contributed by atoms with Gasteiger partial charge in [-0.2, -0.15) is 0 Å². The van der Waals surface area contributed by atoms with E-state index in [2.05, 4.69) is 44.9 Å². The lowest BCUT2D eigenvalue weighted by molar-refractivity contribution is 0.0173. The molecule has 0 bridgehead atoms. The zero-order valence-corrected chi connectivity index (χ0v) is 26.4. The van der Waals surface area contributed by atoms with Crippen molar-refractivity contribution in [2.75, 3.05) is 46.1 Å². The third-order valence-electron chi connectivity index (χ3n) is 6.52. The van der Waals surface area contributed by atoms with Gasteiger partial charge in [0.25, 0.3) is 0 Å². The molecular weight excluding hydrogens is 474 g/mol. The number of nitrogens with zero attached hydrogens (tertiary/aromatic N) is 1. The lowest BCUT2D eigenvalue weighted by atomic mass is 10.1. The third kappa shape index (κ3) is 21.9. The second-order valence-electron chi connectivity index (χ2n) is 11.4. The largest absolute Gasteiger partial charge is 0.455 e. The van der Waals surface area contributed by atoms with E-state index in [9.17, 15) is 10.2 Å². The van der Waals surface area contributed by atoms with E-state index in [0.29, 0.717) is 33.0 Å². The summed E-state index contributed by atoms with van der Waals surface area (Å²) in [5, 5.41) is 20.0. The van der Waals surface area contributed by atoms with Gasteiger partial charge in [-0.3, -0.25) is 0 Å². The van der Waals surface area contributed by atoms with Gasteiger partial charge in [0.1, 0.15) is 0 Å². The van der Waals surface area contributed by atoms with Gasteiger partial charge >= 0.3 is 0 Å². The number of hydrogen-bond donors (Lipinski definition) is 2. The quantitative estimate of drug-likeness (QED) is 0.110. The fraction of sp³-hybridized carbons (Fsp3) is 1.00. The Morgan fingerprint density at radius 2 is 1.20 bits per heavy atom. The van der Waals surface area contributed by atoms with Gasteiger partial charge in [0.05, 0.1) is 25.4 Å². The van der Waals surface area contributed by atoms with E-state index in [-0.39, 0.29) is 6.10 Å². The number of ether oxygens (including phenoxy) is 2. The fourth-order valence-corrected chi connectivity index (χ4v) is 13.2. The number of aliphatic hydroxyl groups excluding tert-OH is 2. The van der Waals surface area contributed by atoms with Crippen LogP contribution in [-0.4, -0.2) is 90.0 Å². The first-order chi connectivity index (χ1) is 16.5. The van der Waals surface area contributed by atoms with Crippen LogP contribution in [0.1, 0.15) is 78.6 Å². The van der Waals surface area contributed by atoms with Crippen molar-refractivity contribution in [1.82, 2.24) is 4.90 Å². The molecule has 35 heavy (non-hydrogen) atoms. The zero-order chi connectivity index (χ0) is 26.6. The summed E-state index contributed by atoms with van der Waals surface area (Å²) in [6.45, 7) is 20.6. The Morgan fingerprint density at radius 1 is 0.686 bits per heavy atom. The fourth-order valence-electron chi connectivity index (χ4n) is 4.45. The maximum absolute atomic E-state index is 10.4. The van der Waals surface area contributed by atoms with Crippen LogP contribution in [0.3, 0.4) is 0 Å². The van der Waals surface area contributed by atoms with Crippen molar-refractivity contribution in [3.8, 4) is 0 Å². The van der Waals surface area contributed by atoms with Crippen LogP contribution in [0.5, 0.6) is 0 Å². The van der Waals surface area contributed by atoms with Gasteiger partial charge in [0.15, 0.2) is 16.6 Å². The molecule has 2 N–H and O–H groups in total. The van der Waals surface area contributed by atoms with E-state index >= 15 is 0 Å². The average molecular weight is 536 g/mol. The van der Waals surface area contributed by atoms with Crippen LogP contribution in [0.25, 0.3) is 0 Å². The van der Waals surface area contributed by atoms with E-state index in [1.807, 2.05) is 6.92 Å². The first kappa shape index (κ1) is 35.2. The van der Waals surface area contributed by atoms with Crippen LogP contribution >= 0.6 is 0 Å². The van der Waals surface area contributed by atoms with E-state index in [4.69, 9.17) is 13.6 Å². The van der Waals surface area contributed by atoms with E-state index in [1.54, 1.807) is 0 Å². The van der Waals surface area contributed by atoms with Crippen molar-refractivity contribution in [3.05, 3.63) is 0 Å². The Labute approximate surface area is 220 Å². The molecular formula is C27H61NO5Si2. The summed E-state index contributed by atoms with van der Waals surface area (Å²) >= 11 is 0. The van der Waals surface area contributed by atoms with Crippen LogP contribution in [0.2, 0.25) is 38.3 Å². The second kappa shape index (κ2) is 21.2. The highest BCUT2D eigenvalue weighted by molar-refractivity contribution is 6.84. The SMILES string of the molecule is CCCCCCCCN(CC)CC(O)COCCC[Si](C)(C)O[Si](C)(C)CCCOCC(O)CC. The van der Waals surface area contributed by atoms with Crippen LogP contribution in [0, 0.1) is 0 Å². The van der Waals surface area contributed by atoms with Crippen LogP contribution in [0.4, 0.5) is 0 Å². The highest BCUT2D eigenvalue weighted by Gasteiger charge is 2.32. The highest BCUT2D eigenvalue weighted by Crippen LogP contribution is 2.24. The van der Waals surface area contributed by atoms with Gasteiger partial charge in [-0.1, -0.05) is 52.9 Å². The van der Waals surface area contributed by atoms with Crippen LogP contribution in [0.15, 0.2) is 0 Å². The molecule has 0 aliphatic carbocycles. The topological polar surface area (TPSA) is 71.4 Å². The molecule has 0 fully saturated rings. The Kier molecular flexibility index (Phi) is 21.3. The van der Waals surface area contributed by atoms with Crippen molar-refractivity contribution in [3.63, 3.8) is 0 Å². The molecule has 212 valence electrons. The molecule has 0 aromatic carbocycles. The Balaban J connectivity index is 3.97. The molecule has 0 spiro atoms. The van der Waals surface area contributed by atoms with E-state index in [0.717, 1.165) is 44.4 Å². The molecule has 0 aromatic rings. The minimum absolute atomic E-state index is 0.345. The number of unbranched alkanes of at least 4 members (excludes halogenated alkanes) is 5. The predicted molar refractivity (Wildman–Crippen MR) is 154 cm³/mol. The number of likely N-dealkylation sites (N-methyl/N-ethyl adjacent to an activating group) is 1. The minimum atomic E-state index is -1.74. The molecule has 0 rings (SSSR count). The average Bonchev–Trinajstić information content (AvgIpc) is 2.78. The summed E-state index contributed by atoms with van der Waals surface area (Å²) in [6.07, 6.45) is 9.80. The first-order valence-corrected chi connectivity index (χ1v) is 20.7. The summed E-state index contributed by atoms with van der Waals surface area (Å²) in [7, 11) is -3.46. The summed E-state index contributed by atoms with van der Waals surface area (Å²) in [4.78, 5) is 2.35. The molecule has 0 aromatic heterocycles. The Hall–Kier alpha value is 0.194. The molecule has 0 amide bonds. The number of hydrogen-bond acceptors (Lipinski definition) is 6. The Morgan fingerprint density at radius 3 is 1.71 bits per heavy atom. The summed E-state index contributed by atoms with van der Waals surface area (Å²) in [5.41, 5.74) is 0. The molecule has 0 saturated heterocycles. The van der Waals surface area contributed by atoms with Gasteiger partial charge in [-0.15, -0.1) is 0 Å². The molecule has 0 aliphatic heterocycles. The van der Waals surface area contributed by atoms with Crippen LogP contribution in [-0.2, 0) is 13.6 Å². The lowest BCUT2D eigenvalue weighted by Crippen LogP contribution is -2.44. The molecule has 2 atom stereocenters. The van der Waals surface area contributed by atoms with Crippen molar-refractivity contribution >= 4 is 16.6 Å². The van der Waals surface area contributed by atoms with Gasteiger partial charge in [-0.05, 0) is 77.0 Å². The second-order valence-corrected chi connectivity index (χ2v) is 20.2. The van der Waals surface area contributed by atoms with Crippen molar-refractivity contribution < 1.29 is 23.8 Å². The highest BCUT2D eigenvalue weighted by atomic mass is 28.4. The summed E-state index contributed by atoms with van der Waals surface area (Å²) in [5.74, 6) is 0. The standard InChI is InChI=1S/C27H61NO5Si2/c1-8-11-12-13-14-15-18-28(10-3)23-27(30)25-32-20-17-22-35(6,7)33-34(4,5)21-16-19-31-24-26(29)9-2/h26-27,29-30H,8-25H2,1-7H3. The first-order valence-electron chi connectivity index (χ1n) is 14.5. The monoisotopic (exact) mass is 535 g/mol. The van der Waals surface area contributed by atoms with Gasteiger partial charge in [0, 0.05) is 19.8 Å². The molecule has 8 heteroatoms. The molecule has 0 aliphatic rings. The molecule has 6 nitrogen and oxygen atoms in total. The van der Waals surface area contributed by atoms with Crippen molar-refractivity contribution in [2.45, 2.75) is 129 Å². The molecule has 2 unspecified atom stereocenters. The number of aliphatic hydroxyl groups is 2. The van der Waals surface area contributed by atoms with Gasteiger partial charge < -0.3 is 28.7 Å². The zero-order valence-electron chi connectivity index (χ0n) is 24.4. The summed E-state index contributed by atoms with van der Waals surface area (Å²) < 4.78 is 18.1. The molecule has 0 radical (unpaired) electrons. The van der Waals surface area contributed by atoms with Crippen molar-refractivity contribution in [2.24, 2.45) is 0 Å². The van der Waals surface area contributed by atoms with E-state index in [1.165, 1.54) is 38.5 Å². The molecule has 0 heterocycles. The smallest absolute Gasteiger partial charge is 0.173 e. The van der Waals surface area contributed by atoms with Crippen LogP contribution < -0.4 is 0 Å². The number of rotatable bonds is 25. The van der Waals surface area contributed by atoms with Gasteiger partial charge in [0.2, 0.25) is 0 Å². The normalized spacial score (nSPS) is 14.6. The van der Waals surface area contributed by atoms with Gasteiger partial charge in [-0.25, -0.2) is 0 Å². The maximum Gasteiger partial charge on any atom is 0.173 e. The minimum Gasteiger partial charge on any atom is -0.455 e. The predicted octanol–water partition coefficient (Wildman–Crippen LogP) is 6.04. The van der Waals surface area contributed by atoms with Crippen molar-refractivity contribution in [1.29, 1.82) is 0 Å².